The molecule has 0 saturated heterocycles. The first-order valence-corrected chi connectivity index (χ1v) is 50.9. The maximum Gasteiger partial charge on any atom is 0.326 e. The average molecular weight is 2090 g/mol. The Hall–Kier alpha value is -15.8. The van der Waals surface area contributed by atoms with Gasteiger partial charge in [-0.2, -0.15) is 24.4 Å². The number of benzene rings is 5. The van der Waals surface area contributed by atoms with Crippen molar-refractivity contribution in [1.29, 1.82) is 16.2 Å². The van der Waals surface area contributed by atoms with E-state index < -0.39 is 162 Å². The van der Waals surface area contributed by atoms with Gasteiger partial charge in [-0.15, -0.1) is 0 Å². The quantitative estimate of drug-likeness (QED) is 0.00644. The molecule has 0 aliphatic heterocycles. The Morgan fingerprint density at radius 1 is 0.416 bits per heavy atom. The second-order valence-corrected chi connectivity index (χ2v) is 36.6. The monoisotopic (exact) mass is 2090 g/mol. The molecule has 0 radical (unpaired) electrons. The van der Waals surface area contributed by atoms with Crippen molar-refractivity contribution in [3.63, 3.8) is 0 Å². The number of unbranched alkanes of at least 4 members (excludes halogenated alkanes) is 3. The van der Waals surface area contributed by atoms with Gasteiger partial charge in [0.05, 0.1) is 31.0 Å². The molecule has 2 heterocycles. The lowest BCUT2D eigenvalue weighted by atomic mass is 10.0. The molecule has 0 unspecified atom stereocenters. The van der Waals surface area contributed by atoms with Crippen molar-refractivity contribution in [3.05, 3.63) is 238 Å². The van der Waals surface area contributed by atoms with E-state index in [1.807, 2.05) is 77.7 Å². The van der Waals surface area contributed by atoms with Crippen molar-refractivity contribution < 1.29 is 82.1 Å². The number of rotatable bonds is 66. The molecule has 0 fully saturated rings. The number of nitrogens with two attached hydrogens (primary N) is 4. The highest BCUT2D eigenvalue weighted by atomic mass is 32.2. The molecule has 0 saturated carbocycles. The van der Waals surface area contributed by atoms with E-state index in [2.05, 4.69) is 113 Å². The Balaban J connectivity index is 0.933. The smallest absolute Gasteiger partial charge is 0.326 e. The zero-order valence-electron chi connectivity index (χ0n) is 83.7. The zero-order chi connectivity index (χ0) is 108. The highest BCUT2D eigenvalue weighted by molar-refractivity contribution is 7.98. The van der Waals surface area contributed by atoms with Crippen molar-refractivity contribution in [2.45, 2.75) is 190 Å². The first-order chi connectivity index (χ1) is 71.5. The van der Waals surface area contributed by atoms with Gasteiger partial charge in [-0.3, -0.25) is 98.2 Å². The number of aliphatic carboxylic acids is 1. The molecule has 2 aromatic heterocycles. The maximum atomic E-state index is 14.9. The lowest BCUT2D eigenvalue weighted by molar-refractivity contribution is -0.142. The minimum absolute atomic E-state index is 0.00890. The number of phenolic OH excluding ortho intramolecular Hbond substituents is 1. The van der Waals surface area contributed by atoms with Crippen LogP contribution in [0.1, 0.15) is 153 Å². The molecule has 7 rings (SSSR count). The van der Waals surface area contributed by atoms with Crippen molar-refractivity contribution in [2.75, 3.05) is 75.4 Å². The number of aromatic hydroxyl groups is 1. The van der Waals surface area contributed by atoms with E-state index in [9.17, 15) is 82.1 Å². The summed E-state index contributed by atoms with van der Waals surface area (Å²) in [6.07, 6.45) is 10.4. The van der Waals surface area contributed by atoms with Crippen LogP contribution in [0, 0.1) is 16.2 Å². The van der Waals surface area contributed by atoms with Gasteiger partial charge in [-0.25, -0.2) is 4.79 Å². The summed E-state index contributed by atoms with van der Waals surface area (Å²) in [6.45, 7) is 3.07. The molecular weight excluding hydrogens is 1950 g/mol. The van der Waals surface area contributed by atoms with Gasteiger partial charge in [-0.1, -0.05) is 128 Å². The number of carboxylic acid groups (broad SMARTS) is 1. The van der Waals surface area contributed by atoms with Crippen LogP contribution in [0.3, 0.4) is 0 Å². The largest absolute Gasteiger partial charge is 0.508 e. The number of thioether (sulfide) groups is 1. The number of allylic oxidation sites excluding steroid dienone is 1. The lowest BCUT2D eigenvalue weighted by Crippen LogP contribution is -2.58. The normalized spacial score (nSPS) is 12.7. The summed E-state index contributed by atoms with van der Waals surface area (Å²) in [4.78, 5) is 221. The van der Waals surface area contributed by atoms with E-state index in [0.29, 0.717) is 78.9 Å². The highest BCUT2D eigenvalue weighted by Gasteiger charge is 2.36. The topological polar surface area (TPSA) is 706 Å². The van der Waals surface area contributed by atoms with E-state index in [1.54, 1.807) is 116 Å². The van der Waals surface area contributed by atoms with Crippen LogP contribution in [0.5, 0.6) is 5.75 Å². The number of aromatic nitrogens is 2. The van der Waals surface area contributed by atoms with E-state index >= 15 is 0 Å². The summed E-state index contributed by atoms with van der Waals surface area (Å²) >= 11 is 5.70. The number of thiol groups is 1. The summed E-state index contributed by atoms with van der Waals surface area (Å²) in [5, 5.41) is 88.0. The number of nitrogens with one attached hydrogen (secondary N) is 20. The fourth-order valence-corrected chi connectivity index (χ4v) is 15.8. The van der Waals surface area contributed by atoms with Gasteiger partial charge in [0.25, 0.3) is 11.8 Å². The third-order valence-electron chi connectivity index (χ3n) is 23.0. The number of pyridine rings is 2. The van der Waals surface area contributed by atoms with E-state index in [4.69, 9.17) is 39.2 Å². The third kappa shape index (κ3) is 47.0. The first-order valence-electron chi connectivity index (χ1n) is 48.9. The van der Waals surface area contributed by atoms with Crippen molar-refractivity contribution in [3.8, 4) is 5.75 Å². The summed E-state index contributed by atoms with van der Waals surface area (Å²) in [6, 6.07) is 36.3. The first kappa shape index (κ1) is 120. The van der Waals surface area contributed by atoms with Gasteiger partial charge in [0.1, 0.15) is 65.8 Å². The molecule has 0 spiro atoms. The number of nitrogens with zero attached hydrogens (tertiary/aromatic N) is 3. The minimum atomic E-state index is -1.46. The molecule has 7 aromatic rings. The Morgan fingerprint density at radius 2 is 0.852 bits per heavy atom. The second kappa shape index (κ2) is 66.3. The molecule has 5 aromatic carbocycles. The van der Waals surface area contributed by atoms with Gasteiger partial charge >= 0.3 is 5.97 Å². The Labute approximate surface area is 875 Å². The van der Waals surface area contributed by atoms with E-state index in [-0.39, 0.29) is 151 Å². The molecule has 0 aliphatic rings. The zero-order valence-corrected chi connectivity index (χ0v) is 85.4. The molecule has 44 nitrogen and oxygen atoms in total. The Bertz CT molecular complexity index is 5590. The van der Waals surface area contributed by atoms with Crippen LogP contribution in [0.15, 0.2) is 194 Å². The van der Waals surface area contributed by atoms with Gasteiger partial charge in [-0.05, 0) is 204 Å². The number of anilines is 1. The van der Waals surface area contributed by atoms with Crippen LogP contribution in [0.4, 0.5) is 5.69 Å². The van der Waals surface area contributed by atoms with Crippen molar-refractivity contribution in [2.24, 2.45) is 22.9 Å². The fourth-order valence-electron chi connectivity index (χ4n) is 15.1. The molecule has 0 aliphatic carbocycles. The molecule has 46 heteroatoms. The summed E-state index contributed by atoms with van der Waals surface area (Å²) < 4.78 is 0. The number of carbonyl (C=O) groups excluding carboxylic acids is 14. The number of hydrogen-bond acceptors (Lipinski definition) is 25. The molecule has 0 bridgehead atoms. The van der Waals surface area contributed by atoms with Gasteiger partial charge in [0, 0.05) is 94.3 Å². The summed E-state index contributed by atoms with van der Waals surface area (Å²) in [5.41, 5.74) is 27.9. The van der Waals surface area contributed by atoms with Crippen LogP contribution in [-0.4, -0.2) is 256 Å². The van der Waals surface area contributed by atoms with Crippen LogP contribution < -0.4 is 113 Å². The molecular formula is C103H139N27O17S2. The average Bonchev–Trinajstić information content (AvgIpc) is 0.868. The number of carbonyl (C=O) groups is 15. The number of carboxylic acids is 1. The number of hydrogen-bond donors (Lipinski definition) is 27. The fraction of sp³-hybridized carbons (Fsp3) is 0.398. The second-order valence-electron chi connectivity index (χ2n) is 35.3. The molecule has 9 atom stereocenters. The predicted octanol–water partition coefficient (Wildman–Crippen LogP) is 1.70. The predicted molar refractivity (Wildman–Crippen MR) is 571 cm³/mol. The van der Waals surface area contributed by atoms with Crippen molar-refractivity contribution >= 4 is 149 Å². The Morgan fingerprint density at radius 3 is 1.34 bits per heavy atom. The van der Waals surface area contributed by atoms with E-state index in [1.165, 1.54) is 37.7 Å². The number of amides is 14. The van der Waals surface area contributed by atoms with Gasteiger partial charge in [0.2, 0.25) is 70.9 Å². The van der Waals surface area contributed by atoms with Crippen LogP contribution in [0.25, 0.3) is 12.2 Å². The molecule has 30 N–H and O–H groups in total. The van der Waals surface area contributed by atoms with E-state index in [0.717, 1.165) is 22.5 Å². The molecule has 800 valence electrons. The Kier molecular flexibility index (Phi) is 53.5. The number of guanidine groups is 3. The number of phenols is 1. The van der Waals surface area contributed by atoms with Gasteiger partial charge < -0.3 is 124 Å². The van der Waals surface area contributed by atoms with Crippen molar-refractivity contribution in [1.82, 2.24) is 99.9 Å². The van der Waals surface area contributed by atoms with Crippen LogP contribution in [-0.2, 0) is 99.5 Å². The standard InChI is InChI=1S/C103H139N27O17S2/c1-65(2)89(99(145)127-81(56-68-22-7-4-8-23-68)91(137)118-59-86(133)117-60-87(134)120-76(29-19-52-114-101(105)106)93(139)122-77(30-20-53-115-102(107)108)94(140)123-78(31-21-54-116-103(109)110)95(141)125-80(100(146)147)28-12-15-48-104)129-96(142)79(47-55-149-3)124-98(144)83(57-69-24-9-5-10-25-69)126-97(143)82(58-70-39-45-75(131)46-40-70)121-85(132)32-11-6-16-51-113-92(138)84(64-148)128-90(136)71-41-35-66(36-42-71)33-34-67-37-43-72(44-38-67)119-88(135)63-130(61-73-26-13-17-49-111-73)62-74-27-14-18-50-112-74/h4-5,7-10,13-14,17-18,22-27,33-46,49-50,76-84,131,148H,6,11-12,15-16,19-21,28-32,47-48,51-64,104H2,1-3H3,(H,113,138)(H,117,133)(H,118,137)(H,119,135)(H,120,134)(H,121,132)(H,122,139)(H,123,140)(H,124,144)(H,125,141)(H,126,143)(H,127,145)(H,128,136)(H,129,142)(H,146,147)(H4,105,106,114)(H4,107,108,115)(H4,109,110,116)/b34-33+/t76-,77+,78-,79-,80-,81-,82-,83-,84-/m0/s1. The summed E-state index contributed by atoms with van der Waals surface area (Å²) in [7, 11) is 0. The SMILES string of the molecule is CSCC[C@H](NC(=O)[C@H](Cc1ccccc1)NC(=O)[C@H](Cc1ccc(O)cc1)NC(=O)CCCCCNC(=O)[C@H](CS)NC(=O)c1ccc(/C=C/c2ccc(NC(=O)CN(Cc3ccccn3)Cc3ccccn3)cc2)cc1)C(=O)NC(C(=O)N[C@@H](Cc1ccccc1)C(=O)NCC(=O)NCC(=O)N[C@@H](CCCNC(=N)N)C(=O)N[C@H](CCCNC(=N)N)C(=O)N[C@@H](CCCNC(=N)N)C(=O)N[C@@H](CCCCN)C(=O)O)=C(C)C. The molecule has 14 amide bonds. The summed E-state index contributed by atoms with van der Waals surface area (Å²) in [5.74, 6) is -12.9. The minimum Gasteiger partial charge on any atom is -0.508 e. The lowest BCUT2D eigenvalue weighted by Gasteiger charge is -2.26. The maximum absolute atomic E-state index is 14.9. The van der Waals surface area contributed by atoms with Crippen LogP contribution >= 0.6 is 24.4 Å². The highest BCUT2D eigenvalue weighted by Crippen LogP contribution is 2.20. The third-order valence-corrected chi connectivity index (χ3v) is 24.0. The van der Waals surface area contributed by atoms with Gasteiger partial charge in [0.15, 0.2) is 17.9 Å². The van der Waals surface area contributed by atoms with Crippen LogP contribution in [0.2, 0.25) is 0 Å². The molecule has 149 heavy (non-hydrogen) atoms.